The number of ether oxygens (including phenoxy) is 4. The fourth-order valence-electron chi connectivity index (χ4n) is 3.58. The van der Waals surface area contributed by atoms with Gasteiger partial charge in [-0.25, -0.2) is 13.1 Å². The Hall–Kier alpha value is -2.29. The van der Waals surface area contributed by atoms with Gasteiger partial charge in [0.2, 0.25) is 10.0 Å². The van der Waals surface area contributed by atoms with E-state index in [1.807, 2.05) is 24.3 Å². The lowest BCUT2D eigenvalue weighted by Gasteiger charge is -2.38. The predicted octanol–water partition coefficient (Wildman–Crippen LogP) is 2.74. The summed E-state index contributed by atoms with van der Waals surface area (Å²) in [5, 5.41) is 0. The minimum absolute atomic E-state index is 0.0812. The Morgan fingerprint density at radius 3 is 2.14 bits per heavy atom. The van der Waals surface area contributed by atoms with Crippen LogP contribution in [0.3, 0.4) is 0 Å². The van der Waals surface area contributed by atoms with E-state index in [1.165, 1.54) is 20.3 Å². The molecule has 3 rings (SSSR count). The molecule has 0 radical (unpaired) electrons. The van der Waals surface area contributed by atoms with E-state index in [-0.39, 0.29) is 22.6 Å². The molecule has 7 nitrogen and oxygen atoms in total. The molecule has 1 N–H and O–H groups in total. The third-order valence-electron chi connectivity index (χ3n) is 5.41. The molecule has 2 aromatic carbocycles. The molecular weight excluding hydrogens is 394 g/mol. The van der Waals surface area contributed by atoms with Crippen molar-refractivity contribution in [3.63, 3.8) is 0 Å². The fourth-order valence-corrected chi connectivity index (χ4v) is 4.86. The Morgan fingerprint density at radius 2 is 1.55 bits per heavy atom. The van der Waals surface area contributed by atoms with Crippen molar-refractivity contribution >= 4 is 10.0 Å². The summed E-state index contributed by atoms with van der Waals surface area (Å²) in [6.07, 6.45) is 1.45. The first-order chi connectivity index (χ1) is 13.9. The van der Waals surface area contributed by atoms with Crippen molar-refractivity contribution in [1.82, 2.24) is 4.72 Å². The quantitative estimate of drug-likeness (QED) is 0.706. The highest BCUT2D eigenvalue weighted by molar-refractivity contribution is 7.89. The van der Waals surface area contributed by atoms with Crippen LogP contribution in [0.5, 0.6) is 17.2 Å². The smallest absolute Gasteiger partial charge is 0.244 e. The van der Waals surface area contributed by atoms with Gasteiger partial charge in [0.15, 0.2) is 0 Å². The average Bonchev–Trinajstić information content (AvgIpc) is 2.78. The Kier molecular flexibility index (Phi) is 6.66. The summed E-state index contributed by atoms with van der Waals surface area (Å²) < 4.78 is 50.1. The summed E-state index contributed by atoms with van der Waals surface area (Å²) in [5.74, 6) is 1.53. The van der Waals surface area contributed by atoms with Crippen LogP contribution in [0.2, 0.25) is 0 Å². The molecule has 0 saturated carbocycles. The number of sulfonamides is 1. The van der Waals surface area contributed by atoms with Gasteiger partial charge < -0.3 is 18.9 Å². The maximum absolute atomic E-state index is 13.0. The molecular formula is C21H27NO6S. The van der Waals surface area contributed by atoms with Crippen LogP contribution in [0.4, 0.5) is 0 Å². The molecule has 0 bridgehead atoms. The number of benzene rings is 2. The van der Waals surface area contributed by atoms with Gasteiger partial charge in [-0.05, 0) is 42.7 Å². The SMILES string of the molecule is COc1ccc(C2(CNS(=O)(=O)c3ccc(OC)cc3OC)CCOCC2)cc1. The van der Waals surface area contributed by atoms with Crippen molar-refractivity contribution in [2.24, 2.45) is 0 Å². The maximum Gasteiger partial charge on any atom is 0.244 e. The summed E-state index contributed by atoms with van der Waals surface area (Å²) in [6.45, 7) is 1.43. The zero-order valence-corrected chi connectivity index (χ0v) is 17.8. The van der Waals surface area contributed by atoms with Crippen molar-refractivity contribution < 1.29 is 27.4 Å². The first kappa shape index (κ1) is 21.4. The summed E-state index contributed by atoms with van der Waals surface area (Å²) in [6, 6.07) is 12.4. The molecule has 1 saturated heterocycles. The van der Waals surface area contributed by atoms with Gasteiger partial charge in [0, 0.05) is 31.2 Å². The topological polar surface area (TPSA) is 83.1 Å². The van der Waals surface area contributed by atoms with Gasteiger partial charge in [-0.2, -0.15) is 0 Å². The maximum atomic E-state index is 13.0. The van der Waals surface area contributed by atoms with Crippen molar-refractivity contribution in [1.29, 1.82) is 0 Å². The average molecular weight is 422 g/mol. The second-order valence-corrected chi connectivity index (χ2v) is 8.70. The van der Waals surface area contributed by atoms with Gasteiger partial charge >= 0.3 is 0 Å². The normalized spacial score (nSPS) is 16.2. The van der Waals surface area contributed by atoms with E-state index in [0.717, 1.165) is 24.2 Å². The molecule has 1 aliphatic rings. The van der Waals surface area contributed by atoms with Gasteiger partial charge in [-0.1, -0.05) is 12.1 Å². The molecule has 0 aromatic heterocycles. The monoisotopic (exact) mass is 421 g/mol. The Bertz CT molecular complexity index is 921. The zero-order valence-electron chi connectivity index (χ0n) is 16.9. The van der Waals surface area contributed by atoms with Crippen LogP contribution >= 0.6 is 0 Å². The Balaban J connectivity index is 1.87. The van der Waals surface area contributed by atoms with Crippen LogP contribution in [0, 0.1) is 0 Å². The fraction of sp³-hybridized carbons (Fsp3) is 0.429. The summed E-state index contributed by atoms with van der Waals surface area (Å²) >= 11 is 0. The van der Waals surface area contributed by atoms with Gasteiger partial charge in [0.25, 0.3) is 0 Å². The molecule has 1 aliphatic heterocycles. The summed E-state index contributed by atoms with van der Waals surface area (Å²) in [5.41, 5.74) is 0.711. The number of hydrogen-bond acceptors (Lipinski definition) is 6. The number of methoxy groups -OCH3 is 3. The number of rotatable bonds is 8. The first-order valence-electron chi connectivity index (χ1n) is 9.38. The minimum atomic E-state index is -3.78. The second kappa shape index (κ2) is 9.02. The third-order valence-corrected chi connectivity index (χ3v) is 6.85. The zero-order chi connectivity index (χ0) is 20.9. The minimum Gasteiger partial charge on any atom is -0.497 e. The molecule has 1 fully saturated rings. The molecule has 2 aromatic rings. The molecule has 0 spiro atoms. The number of nitrogens with one attached hydrogen (secondary N) is 1. The van der Waals surface area contributed by atoms with Crippen molar-refractivity contribution in [3.8, 4) is 17.2 Å². The van der Waals surface area contributed by atoms with Crippen LogP contribution in [0.15, 0.2) is 47.4 Å². The molecule has 1 heterocycles. The van der Waals surface area contributed by atoms with Crippen molar-refractivity contribution in [2.75, 3.05) is 41.1 Å². The number of hydrogen-bond donors (Lipinski definition) is 1. The molecule has 0 unspecified atom stereocenters. The van der Waals surface area contributed by atoms with Crippen LogP contribution in [-0.2, 0) is 20.2 Å². The van der Waals surface area contributed by atoms with E-state index in [0.29, 0.717) is 19.0 Å². The van der Waals surface area contributed by atoms with E-state index >= 15 is 0 Å². The van der Waals surface area contributed by atoms with E-state index in [1.54, 1.807) is 19.2 Å². The molecule has 0 aliphatic carbocycles. The van der Waals surface area contributed by atoms with Crippen LogP contribution in [-0.4, -0.2) is 49.5 Å². The van der Waals surface area contributed by atoms with Gasteiger partial charge in [0.05, 0.1) is 21.3 Å². The lowest BCUT2D eigenvalue weighted by atomic mass is 9.74. The van der Waals surface area contributed by atoms with Crippen molar-refractivity contribution in [3.05, 3.63) is 48.0 Å². The summed E-state index contributed by atoms with van der Waals surface area (Å²) in [7, 11) is 0.793. The first-order valence-corrected chi connectivity index (χ1v) is 10.9. The highest BCUT2D eigenvalue weighted by Gasteiger charge is 2.36. The molecule has 0 amide bonds. The Morgan fingerprint density at radius 1 is 0.931 bits per heavy atom. The van der Waals surface area contributed by atoms with Crippen molar-refractivity contribution in [2.45, 2.75) is 23.2 Å². The lowest BCUT2D eigenvalue weighted by Crippen LogP contribution is -2.44. The molecule has 158 valence electrons. The van der Waals surface area contributed by atoms with Crippen LogP contribution in [0.25, 0.3) is 0 Å². The highest BCUT2D eigenvalue weighted by atomic mass is 32.2. The van der Waals surface area contributed by atoms with Gasteiger partial charge in [-0.3, -0.25) is 0 Å². The van der Waals surface area contributed by atoms with Gasteiger partial charge in [-0.15, -0.1) is 0 Å². The van der Waals surface area contributed by atoms with E-state index < -0.39 is 10.0 Å². The van der Waals surface area contributed by atoms with E-state index in [9.17, 15) is 8.42 Å². The van der Waals surface area contributed by atoms with Crippen LogP contribution < -0.4 is 18.9 Å². The Labute approximate surface area is 172 Å². The predicted molar refractivity (Wildman–Crippen MR) is 109 cm³/mol. The molecule has 8 heteroatoms. The van der Waals surface area contributed by atoms with E-state index in [2.05, 4.69) is 4.72 Å². The molecule has 0 atom stereocenters. The van der Waals surface area contributed by atoms with Gasteiger partial charge in [0.1, 0.15) is 22.1 Å². The summed E-state index contributed by atoms with van der Waals surface area (Å²) in [4.78, 5) is 0.0812. The molecule has 29 heavy (non-hydrogen) atoms. The third kappa shape index (κ3) is 4.66. The second-order valence-electron chi connectivity index (χ2n) is 6.96. The van der Waals surface area contributed by atoms with Crippen LogP contribution in [0.1, 0.15) is 18.4 Å². The van der Waals surface area contributed by atoms with E-state index in [4.69, 9.17) is 18.9 Å². The lowest BCUT2D eigenvalue weighted by molar-refractivity contribution is 0.0517. The highest BCUT2D eigenvalue weighted by Crippen LogP contribution is 2.36. The largest absolute Gasteiger partial charge is 0.497 e. The standard InChI is InChI=1S/C21H27NO6S/c1-25-17-6-4-16(5-7-17)21(10-12-28-13-11-21)15-22-29(23,24)20-9-8-18(26-2)14-19(20)27-3/h4-9,14,22H,10-13,15H2,1-3H3.